The van der Waals surface area contributed by atoms with Crippen LogP contribution in [0, 0.1) is 6.92 Å². The van der Waals surface area contributed by atoms with Crippen molar-refractivity contribution in [1.82, 2.24) is 19.7 Å². The molecule has 0 fully saturated rings. The quantitative estimate of drug-likeness (QED) is 0.656. The first-order valence-corrected chi connectivity index (χ1v) is 4.24. The predicted molar refractivity (Wildman–Crippen MR) is 54.2 cm³/mol. The molecule has 2 aromatic rings. The van der Waals surface area contributed by atoms with Crippen LogP contribution in [-0.2, 0) is 7.05 Å². The van der Waals surface area contributed by atoms with Gasteiger partial charge in [-0.3, -0.25) is 4.57 Å². The number of nitrogens with zero attached hydrogens (tertiary/aromatic N) is 3. The molecule has 74 valence electrons. The number of anilines is 3. The van der Waals surface area contributed by atoms with E-state index in [1.807, 2.05) is 19.1 Å². The number of H-pyrrole nitrogens is 1. The van der Waals surface area contributed by atoms with Crippen LogP contribution in [0.1, 0.15) is 5.69 Å². The molecule has 6 nitrogen and oxygen atoms in total. The maximum Gasteiger partial charge on any atom is 0.231 e. The Morgan fingerprint density at radius 2 is 2.21 bits per heavy atom. The molecule has 0 unspecified atom stereocenters. The number of hydrogen-bond donors (Lipinski definition) is 3. The predicted octanol–water partition coefficient (Wildman–Crippen LogP) is 0.777. The molecule has 0 aromatic carbocycles. The largest absolute Gasteiger partial charge is 0.368 e. The van der Waals surface area contributed by atoms with Crippen LogP contribution in [0.4, 0.5) is 17.7 Å². The van der Waals surface area contributed by atoms with E-state index in [1.54, 1.807) is 11.6 Å². The van der Waals surface area contributed by atoms with E-state index in [1.165, 1.54) is 0 Å². The zero-order valence-corrected chi connectivity index (χ0v) is 8.07. The molecule has 0 spiro atoms. The highest BCUT2D eigenvalue weighted by atomic mass is 15.4. The summed E-state index contributed by atoms with van der Waals surface area (Å²) >= 11 is 0. The molecule has 0 aliphatic heterocycles. The summed E-state index contributed by atoms with van der Waals surface area (Å²) in [6.45, 7) is 1.98. The van der Waals surface area contributed by atoms with E-state index in [2.05, 4.69) is 20.5 Å². The number of nitrogens with one attached hydrogen (secondary N) is 2. The van der Waals surface area contributed by atoms with Gasteiger partial charge in [0.1, 0.15) is 5.82 Å². The lowest BCUT2D eigenvalue weighted by molar-refractivity contribution is 0.932. The van der Waals surface area contributed by atoms with Gasteiger partial charge in [0.05, 0.1) is 0 Å². The summed E-state index contributed by atoms with van der Waals surface area (Å²) in [5, 5.41) is 10.7. The fraction of sp³-hybridized carbons (Fsp3) is 0.250. The molecule has 0 saturated heterocycles. The van der Waals surface area contributed by atoms with Gasteiger partial charge in [-0.1, -0.05) is 0 Å². The lowest BCUT2D eigenvalue weighted by Gasteiger charge is -2.02. The molecule has 0 aliphatic rings. The van der Waals surface area contributed by atoms with Crippen molar-refractivity contribution in [1.29, 1.82) is 0 Å². The van der Waals surface area contributed by atoms with E-state index < -0.39 is 0 Å². The number of aromatic amines is 1. The minimum Gasteiger partial charge on any atom is -0.368 e. The maximum atomic E-state index is 5.54. The van der Waals surface area contributed by atoms with E-state index in [9.17, 15) is 0 Å². The molecule has 0 amide bonds. The number of nitrogens with two attached hydrogens (primary N) is 1. The van der Waals surface area contributed by atoms with Crippen LogP contribution in [0.5, 0.6) is 0 Å². The highest BCUT2D eigenvalue weighted by molar-refractivity contribution is 5.50. The van der Waals surface area contributed by atoms with Crippen LogP contribution in [0.2, 0.25) is 0 Å². The Kier molecular flexibility index (Phi) is 1.88. The first-order chi connectivity index (χ1) is 6.66. The molecule has 6 heteroatoms. The van der Waals surface area contributed by atoms with Gasteiger partial charge in [-0.15, -0.1) is 10.2 Å². The van der Waals surface area contributed by atoms with Crippen molar-refractivity contribution in [2.24, 2.45) is 7.05 Å². The van der Waals surface area contributed by atoms with Crippen LogP contribution in [0.3, 0.4) is 0 Å². The summed E-state index contributed by atoms with van der Waals surface area (Å²) in [4.78, 5) is 3.13. The fourth-order valence-electron chi connectivity index (χ4n) is 1.15. The molecule has 14 heavy (non-hydrogen) atoms. The minimum absolute atomic E-state index is 0.385. The minimum atomic E-state index is 0.385. The third kappa shape index (κ3) is 1.41. The average Bonchev–Trinajstić information content (AvgIpc) is 2.67. The normalized spacial score (nSPS) is 10.4. The van der Waals surface area contributed by atoms with Crippen molar-refractivity contribution >= 4 is 17.7 Å². The van der Waals surface area contributed by atoms with Gasteiger partial charge < -0.3 is 16.0 Å². The Morgan fingerprint density at radius 1 is 1.43 bits per heavy atom. The first-order valence-electron chi connectivity index (χ1n) is 4.24. The monoisotopic (exact) mass is 192 g/mol. The third-order valence-corrected chi connectivity index (χ3v) is 1.99. The summed E-state index contributed by atoms with van der Waals surface area (Å²) < 4.78 is 1.68. The highest BCUT2D eigenvalue weighted by Crippen LogP contribution is 2.14. The summed E-state index contributed by atoms with van der Waals surface area (Å²) in [5.74, 6) is 1.87. The molecule has 2 aromatic heterocycles. The van der Waals surface area contributed by atoms with Gasteiger partial charge >= 0.3 is 0 Å². The Hall–Kier alpha value is -1.98. The summed E-state index contributed by atoms with van der Waals surface area (Å²) in [5.41, 5.74) is 6.62. The van der Waals surface area contributed by atoms with Gasteiger partial charge in [0.25, 0.3) is 0 Å². The van der Waals surface area contributed by atoms with E-state index in [0.717, 1.165) is 11.5 Å². The molecular weight excluding hydrogens is 180 g/mol. The van der Waals surface area contributed by atoms with Gasteiger partial charge in [0, 0.05) is 12.7 Å². The van der Waals surface area contributed by atoms with Gasteiger partial charge in [-0.25, -0.2) is 0 Å². The first kappa shape index (κ1) is 8.61. The number of nitrogen functional groups attached to an aromatic ring is 1. The second-order valence-electron chi connectivity index (χ2n) is 3.12. The van der Waals surface area contributed by atoms with Crippen LogP contribution in [0.25, 0.3) is 0 Å². The Bertz CT molecular complexity index is 440. The molecule has 0 radical (unpaired) electrons. The van der Waals surface area contributed by atoms with Crippen molar-refractivity contribution in [3.63, 3.8) is 0 Å². The van der Waals surface area contributed by atoms with Crippen molar-refractivity contribution in [3.05, 3.63) is 17.8 Å². The van der Waals surface area contributed by atoms with Gasteiger partial charge in [-0.05, 0) is 19.1 Å². The van der Waals surface area contributed by atoms with E-state index >= 15 is 0 Å². The molecule has 0 saturated carbocycles. The molecule has 0 bridgehead atoms. The Morgan fingerprint density at radius 3 is 2.71 bits per heavy atom. The molecule has 2 rings (SSSR count). The van der Waals surface area contributed by atoms with E-state index in [0.29, 0.717) is 11.9 Å². The SMILES string of the molecule is Cc1ccc(Nc2nnc(N)n2C)[nH]1. The smallest absolute Gasteiger partial charge is 0.231 e. The van der Waals surface area contributed by atoms with Gasteiger partial charge in [0.15, 0.2) is 0 Å². The molecule has 0 aliphatic carbocycles. The van der Waals surface area contributed by atoms with Crippen LogP contribution < -0.4 is 11.1 Å². The van der Waals surface area contributed by atoms with Gasteiger partial charge in [0.2, 0.25) is 11.9 Å². The van der Waals surface area contributed by atoms with Crippen molar-refractivity contribution in [3.8, 4) is 0 Å². The zero-order chi connectivity index (χ0) is 10.1. The number of rotatable bonds is 2. The van der Waals surface area contributed by atoms with Crippen molar-refractivity contribution in [2.75, 3.05) is 11.1 Å². The molecule has 2 heterocycles. The Labute approximate surface area is 81.1 Å². The fourth-order valence-corrected chi connectivity index (χ4v) is 1.15. The number of aryl methyl sites for hydroxylation is 1. The Balaban J connectivity index is 2.22. The third-order valence-electron chi connectivity index (χ3n) is 1.99. The van der Waals surface area contributed by atoms with Crippen molar-refractivity contribution in [2.45, 2.75) is 6.92 Å². The maximum absolute atomic E-state index is 5.54. The molecule has 4 N–H and O–H groups in total. The van der Waals surface area contributed by atoms with Crippen LogP contribution in [-0.4, -0.2) is 19.7 Å². The molecule has 0 atom stereocenters. The zero-order valence-electron chi connectivity index (χ0n) is 8.07. The van der Waals surface area contributed by atoms with Crippen LogP contribution in [0.15, 0.2) is 12.1 Å². The number of hydrogen-bond acceptors (Lipinski definition) is 4. The molecular formula is C8H12N6. The topological polar surface area (TPSA) is 84.5 Å². The highest BCUT2D eigenvalue weighted by Gasteiger charge is 2.05. The lowest BCUT2D eigenvalue weighted by Crippen LogP contribution is -2.02. The second-order valence-corrected chi connectivity index (χ2v) is 3.12. The summed E-state index contributed by atoms with van der Waals surface area (Å²) in [6.07, 6.45) is 0. The summed E-state index contributed by atoms with van der Waals surface area (Å²) in [6, 6.07) is 3.91. The van der Waals surface area contributed by atoms with E-state index in [4.69, 9.17) is 5.73 Å². The van der Waals surface area contributed by atoms with Gasteiger partial charge in [-0.2, -0.15) is 0 Å². The van der Waals surface area contributed by atoms with Crippen molar-refractivity contribution < 1.29 is 0 Å². The standard InChI is InChI=1S/C8H12N6/c1-5-3-4-6(10-5)11-8-13-12-7(9)14(8)2/h3-4,10H,1-2H3,(H2,9,12)(H,11,13). The lowest BCUT2D eigenvalue weighted by atomic mass is 10.5. The number of aromatic nitrogens is 4. The van der Waals surface area contributed by atoms with Crippen LogP contribution >= 0.6 is 0 Å². The summed E-state index contributed by atoms with van der Waals surface area (Å²) in [7, 11) is 1.80. The second kappa shape index (κ2) is 3.06. The van der Waals surface area contributed by atoms with E-state index in [-0.39, 0.29) is 0 Å². The average molecular weight is 192 g/mol.